The van der Waals surface area contributed by atoms with Crippen LogP contribution in [0.3, 0.4) is 0 Å². The van der Waals surface area contributed by atoms with Crippen LogP contribution >= 0.6 is 0 Å². The largest absolute Gasteiger partial charge is 0.491 e. The number of benzene rings is 1. The molecule has 0 aliphatic carbocycles. The van der Waals surface area contributed by atoms with Gasteiger partial charge in [-0.3, -0.25) is 0 Å². The lowest BCUT2D eigenvalue weighted by Gasteiger charge is -2.24. The van der Waals surface area contributed by atoms with Gasteiger partial charge < -0.3 is 20.1 Å². The third-order valence-electron chi connectivity index (χ3n) is 2.78. The number of hydrogen-bond donors (Lipinski definition) is 2. The summed E-state index contributed by atoms with van der Waals surface area (Å²) in [6.07, 6.45) is 0.215. The highest BCUT2D eigenvalue weighted by atomic mass is 16.5. The van der Waals surface area contributed by atoms with Crippen molar-refractivity contribution < 1.29 is 9.47 Å². The Hall–Kier alpha value is -1.26. The Morgan fingerprint density at radius 2 is 2.17 bits per heavy atom. The van der Waals surface area contributed by atoms with Crippen LogP contribution in [-0.2, 0) is 4.74 Å². The van der Waals surface area contributed by atoms with Gasteiger partial charge in [-0.05, 0) is 38.1 Å². The van der Waals surface area contributed by atoms with Crippen molar-refractivity contribution in [1.29, 1.82) is 0 Å². The minimum atomic E-state index is 0.215. The van der Waals surface area contributed by atoms with Crippen molar-refractivity contribution in [2.45, 2.75) is 26.0 Å². The summed E-state index contributed by atoms with van der Waals surface area (Å²) in [6.45, 7) is 7.47. The van der Waals surface area contributed by atoms with Gasteiger partial charge in [0.25, 0.3) is 0 Å². The molecule has 0 saturated carbocycles. The second-order valence-electron chi connectivity index (χ2n) is 4.80. The zero-order chi connectivity index (χ0) is 12.8. The summed E-state index contributed by atoms with van der Waals surface area (Å²) in [4.78, 5) is 0. The quantitative estimate of drug-likeness (QED) is 0.837. The van der Waals surface area contributed by atoms with Gasteiger partial charge in [-0.15, -0.1) is 0 Å². The van der Waals surface area contributed by atoms with Crippen LogP contribution in [0.4, 0.5) is 5.69 Å². The van der Waals surface area contributed by atoms with Crippen LogP contribution in [-0.4, -0.2) is 38.4 Å². The number of rotatable bonds is 5. The van der Waals surface area contributed by atoms with Crippen LogP contribution in [0.25, 0.3) is 0 Å². The molecule has 1 saturated heterocycles. The SMILES string of the molecule is CC(C)Oc1ccc(NCC2COCCN2)cc1. The first-order chi connectivity index (χ1) is 8.74. The molecule has 100 valence electrons. The van der Waals surface area contributed by atoms with E-state index in [1.807, 2.05) is 38.1 Å². The molecular weight excluding hydrogens is 228 g/mol. The zero-order valence-corrected chi connectivity index (χ0v) is 11.1. The average molecular weight is 250 g/mol. The zero-order valence-electron chi connectivity index (χ0n) is 11.1. The van der Waals surface area contributed by atoms with E-state index < -0.39 is 0 Å². The Kier molecular flexibility index (Phi) is 4.84. The van der Waals surface area contributed by atoms with E-state index in [-0.39, 0.29) is 6.10 Å². The van der Waals surface area contributed by atoms with Crippen LogP contribution in [0.1, 0.15) is 13.8 Å². The highest BCUT2D eigenvalue weighted by molar-refractivity contribution is 5.46. The lowest BCUT2D eigenvalue weighted by atomic mass is 10.2. The van der Waals surface area contributed by atoms with E-state index >= 15 is 0 Å². The summed E-state index contributed by atoms with van der Waals surface area (Å²) in [5.74, 6) is 0.912. The van der Waals surface area contributed by atoms with Crippen molar-refractivity contribution >= 4 is 5.69 Å². The van der Waals surface area contributed by atoms with Gasteiger partial charge in [0.1, 0.15) is 5.75 Å². The Morgan fingerprint density at radius 3 is 2.78 bits per heavy atom. The molecule has 1 unspecified atom stereocenters. The molecular formula is C14H22N2O2. The lowest BCUT2D eigenvalue weighted by Crippen LogP contribution is -2.45. The van der Waals surface area contributed by atoms with Crippen LogP contribution in [0.15, 0.2) is 24.3 Å². The first-order valence-electron chi connectivity index (χ1n) is 6.56. The first kappa shape index (κ1) is 13.2. The van der Waals surface area contributed by atoms with Gasteiger partial charge in [-0.2, -0.15) is 0 Å². The molecule has 0 amide bonds. The Morgan fingerprint density at radius 1 is 1.39 bits per heavy atom. The standard InChI is InChI=1S/C14H22N2O2/c1-11(2)18-14-5-3-12(4-6-14)16-9-13-10-17-8-7-15-13/h3-6,11,13,15-16H,7-10H2,1-2H3. The van der Waals surface area contributed by atoms with Crippen molar-refractivity contribution in [3.63, 3.8) is 0 Å². The van der Waals surface area contributed by atoms with E-state index in [0.717, 1.165) is 37.7 Å². The van der Waals surface area contributed by atoms with Crippen LogP contribution in [0.2, 0.25) is 0 Å². The minimum Gasteiger partial charge on any atom is -0.491 e. The summed E-state index contributed by atoms with van der Waals surface area (Å²) in [6, 6.07) is 8.47. The number of hydrogen-bond acceptors (Lipinski definition) is 4. The summed E-state index contributed by atoms with van der Waals surface area (Å²) in [5, 5.41) is 6.81. The first-order valence-corrected chi connectivity index (χ1v) is 6.56. The molecule has 4 nitrogen and oxygen atoms in total. The number of ether oxygens (including phenoxy) is 2. The van der Waals surface area contributed by atoms with Crippen LogP contribution in [0, 0.1) is 0 Å². The number of morpholine rings is 1. The molecule has 4 heteroatoms. The second kappa shape index (κ2) is 6.61. The molecule has 1 aliphatic rings. The number of anilines is 1. The molecule has 18 heavy (non-hydrogen) atoms. The maximum Gasteiger partial charge on any atom is 0.119 e. The lowest BCUT2D eigenvalue weighted by molar-refractivity contribution is 0.0806. The van der Waals surface area contributed by atoms with E-state index in [4.69, 9.17) is 9.47 Å². The Balaban J connectivity index is 1.78. The van der Waals surface area contributed by atoms with Crippen molar-refractivity contribution in [1.82, 2.24) is 5.32 Å². The molecule has 1 heterocycles. The third kappa shape index (κ3) is 4.20. The summed E-state index contributed by atoms with van der Waals surface area (Å²) in [5.41, 5.74) is 1.11. The van der Waals surface area contributed by atoms with Crippen molar-refractivity contribution in [2.75, 3.05) is 31.6 Å². The predicted octanol–water partition coefficient (Wildman–Crippen LogP) is 1.87. The van der Waals surface area contributed by atoms with E-state index in [1.54, 1.807) is 0 Å². The van der Waals surface area contributed by atoms with Gasteiger partial charge in [-0.25, -0.2) is 0 Å². The van der Waals surface area contributed by atoms with Crippen molar-refractivity contribution in [3.05, 3.63) is 24.3 Å². The topological polar surface area (TPSA) is 42.5 Å². The van der Waals surface area contributed by atoms with Gasteiger partial charge in [0.15, 0.2) is 0 Å². The molecule has 1 aliphatic heterocycles. The van der Waals surface area contributed by atoms with Gasteiger partial charge in [0.05, 0.1) is 19.3 Å². The van der Waals surface area contributed by atoms with E-state index in [0.29, 0.717) is 6.04 Å². The van der Waals surface area contributed by atoms with Gasteiger partial charge in [0.2, 0.25) is 0 Å². The van der Waals surface area contributed by atoms with Crippen molar-refractivity contribution in [3.8, 4) is 5.75 Å². The fraction of sp³-hybridized carbons (Fsp3) is 0.571. The summed E-state index contributed by atoms with van der Waals surface area (Å²) >= 11 is 0. The minimum absolute atomic E-state index is 0.215. The molecule has 1 atom stereocenters. The molecule has 2 rings (SSSR count). The number of nitrogens with one attached hydrogen (secondary N) is 2. The van der Waals surface area contributed by atoms with E-state index in [2.05, 4.69) is 10.6 Å². The smallest absolute Gasteiger partial charge is 0.119 e. The molecule has 0 aromatic heterocycles. The maximum absolute atomic E-state index is 5.60. The molecule has 1 aromatic carbocycles. The fourth-order valence-corrected chi connectivity index (χ4v) is 1.92. The van der Waals surface area contributed by atoms with Gasteiger partial charge in [-0.1, -0.05) is 0 Å². The Bertz CT molecular complexity index is 345. The van der Waals surface area contributed by atoms with Gasteiger partial charge in [0, 0.05) is 24.8 Å². The Labute approximate surface area is 109 Å². The third-order valence-corrected chi connectivity index (χ3v) is 2.78. The molecule has 0 radical (unpaired) electrons. The van der Waals surface area contributed by atoms with E-state index in [1.165, 1.54) is 0 Å². The van der Waals surface area contributed by atoms with Crippen LogP contribution in [0.5, 0.6) is 5.75 Å². The van der Waals surface area contributed by atoms with Gasteiger partial charge >= 0.3 is 0 Å². The van der Waals surface area contributed by atoms with Crippen LogP contribution < -0.4 is 15.4 Å². The highest BCUT2D eigenvalue weighted by Gasteiger charge is 2.12. The molecule has 0 spiro atoms. The predicted molar refractivity (Wildman–Crippen MR) is 73.3 cm³/mol. The fourth-order valence-electron chi connectivity index (χ4n) is 1.92. The maximum atomic E-state index is 5.60. The summed E-state index contributed by atoms with van der Waals surface area (Å²) in [7, 11) is 0. The van der Waals surface area contributed by atoms with E-state index in [9.17, 15) is 0 Å². The normalized spacial score (nSPS) is 19.8. The molecule has 2 N–H and O–H groups in total. The molecule has 1 aromatic rings. The average Bonchev–Trinajstić information content (AvgIpc) is 2.38. The highest BCUT2D eigenvalue weighted by Crippen LogP contribution is 2.16. The monoisotopic (exact) mass is 250 g/mol. The van der Waals surface area contributed by atoms with Crippen molar-refractivity contribution in [2.24, 2.45) is 0 Å². The second-order valence-corrected chi connectivity index (χ2v) is 4.80. The summed E-state index contributed by atoms with van der Waals surface area (Å²) < 4.78 is 11.0. The molecule has 1 fully saturated rings. The molecule has 0 bridgehead atoms.